The highest BCUT2D eigenvalue weighted by Gasteiger charge is 2.15. The lowest BCUT2D eigenvalue weighted by molar-refractivity contribution is -0.113. The van der Waals surface area contributed by atoms with E-state index in [-0.39, 0.29) is 23.4 Å². The second kappa shape index (κ2) is 9.96. The van der Waals surface area contributed by atoms with Gasteiger partial charge >= 0.3 is 0 Å². The molecule has 0 atom stereocenters. The number of aromatic nitrogens is 4. The predicted octanol–water partition coefficient (Wildman–Crippen LogP) is 4.62. The van der Waals surface area contributed by atoms with Gasteiger partial charge < -0.3 is 14.6 Å². The highest BCUT2D eigenvalue weighted by molar-refractivity contribution is 7.99. The van der Waals surface area contributed by atoms with Gasteiger partial charge in [-0.2, -0.15) is 0 Å². The molecule has 2 aromatic heterocycles. The van der Waals surface area contributed by atoms with Gasteiger partial charge in [-0.25, -0.2) is 4.98 Å². The van der Waals surface area contributed by atoms with Crippen molar-refractivity contribution in [2.75, 3.05) is 11.1 Å². The number of benzene rings is 1. The molecular weight excluding hydrogens is 433 g/mol. The Kier molecular flexibility index (Phi) is 7.35. The maximum Gasteiger partial charge on any atom is 0.234 e. The number of nitrogens with one attached hydrogen (secondary N) is 1. The average molecular weight is 452 g/mol. The van der Waals surface area contributed by atoms with Crippen LogP contribution in [-0.2, 0) is 17.9 Å². The number of pyridine rings is 1. The van der Waals surface area contributed by atoms with Crippen LogP contribution in [0.4, 0.5) is 5.69 Å². The SMILES string of the molecule is CCn1c(COc2cc(C)ccc2Cl)nnc1SCC(=O)Nc1cccnc1Cl. The number of carbonyl (C=O) groups excluding carboxylic acids is 1. The van der Waals surface area contributed by atoms with E-state index in [1.54, 1.807) is 24.4 Å². The van der Waals surface area contributed by atoms with E-state index in [9.17, 15) is 4.79 Å². The number of hydrogen-bond acceptors (Lipinski definition) is 6. The fraction of sp³-hybridized carbons (Fsp3) is 0.263. The van der Waals surface area contributed by atoms with Crippen LogP contribution < -0.4 is 10.1 Å². The summed E-state index contributed by atoms with van der Waals surface area (Å²) in [5.74, 6) is 1.20. The third kappa shape index (κ3) is 5.62. The van der Waals surface area contributed by atoms with Crippen molar-refractivity contribution in [1.29, 1.82) is 0 Å². The topological polar surface area (TPSA) is 81.9 Å². The Morgan fingerprint density at radius 2 is 2.10 bits per heavy atom. The number of rotatable bonds is 8. The molecule has 0 spiro atoms. The van der Waals surface area contributed by atoms with E-state index in [2.05, 4.69) is 20.5 Å². The fourth-order valence-electron chi connectivity index (χ4n) is 2.51. The Balaban J connectivity index is 1.61. The molecule has 0 unspecified atom stereocenters. The molecule has 0 saturated heterocycles. The normalized spacial score (nSPS) is 10.8. The van der Waals surface area contributed by atoms with Crippen LogP contribution in [0.5, 0.6) is 5.75 Å². The third-order valence-electron chi connectivity index (χ3n) is 3.92. The number of halogens is 2. The molecule has 0 radical (unpaired) electrons. The van der Waals surface area contributed by atoms with E-state index >= 15 is 0 Å². The van der Waals surface area contributed by atoms with Gasteiger partial charge in [0.25, 0.3) is 0 Å². The molecule has 0 aliphatic carbocycles. The van der Waals surface area contributed by atoms with Crippen LogP contribution in [0, 0.1) is 6.92 Å². The highest BCUT2D eigenvalue weighted by atomic mass is 35.5. The molecule has 0 fully saturated rings. The summed E-state index contributed by atoms with van der Waals surface area (Å²) < 4.78 is 7.71. The number of nitrogens with zero attached hydrogens (tertiary/aromatic N) is 4. The molecule has 10 heteroatoms. The average Bonchev–Trinajstić information content (AvgIpc) is 3.10. The van der Waals surface area contributed by atoms with Gasteiger partial charge in [0.15, 0.2) is 16.1 Å². The largest absolute Gasteiger partial charge is 0.484 e. The maximum absolute atomic E-state index is 12.2. The minimum absolute atomic E-state index is 0.161. The van der Waals surface area contributed by atoms with E-state index in [4.69, 9.17) is 27.9 Å². The van der Waals surface area contributed by atoms with Crippen LogP contribution in [0.2, 0.25) is 10.2 Å². The zero-order chi connectivity index (χ0) is 20.8. The number of thioether (sulfide) groups is 1. The van der Waals surface area contributed by atoms with E-state index in [0.717, 1.165) is 5.56 Å². The van der Waals surface area contributed by atoms with E-state index in [1.807, 2.05) is 30.5 Å². The van der Waals surface area contributed by atoms with Crippen molar-refractivity contribution < 1.29 is 9.53 Å². The summed E-state index contributed by atoms with van der Waals surface area (Å²) in [5, 5.41) is 12.5. The quantitative estimate of drug-likeness (QED) is 0.397. The maximum atomic E-state index is 12.2. The van der Waals surface area contributed by atoms with Crippen molar-refractivity contribution in [3.63, 3.8) is 0 Å². The van der Waals surface area contributed by atoms with Crippen LogP contribution in [0.3, 0.4) is 0 Å². The minimum Gasteiger partial charge on any atom is -0.484 e. The molecule has 2 heterocycles. The molecule has 1 N–H and O–H groups in total. The van der Waals surface area contributed by atoms with E-state index < -0.39 is 0 Å². The number of carbonyl (C=O) groups is 1. The van der Waals surface area contributed by atoms with Crippen molar-refractivity contribution >= 4 is 46.6 Å². The molecule has 1 aromatic carbocycles. The summed E-state index contributed by atoms with van der Waals surface area (Å²) in [6.45, 7) is 4.82. The van der Waals surface area contributed by atoms with Gasteiger partial charge in [-0.15, -0.1) is 10.2 Å². The van der Waals surface area contributed by atoms with Gasteiger partial charge in [0.1, 0.15) is 12.4 Å². The number of aryl methyl sites for hydroxylation is 1. The second-order valence-corrected chi connectivity index (χ2v) is 7.75. The van der Waals surface area contributed by atoms with Gasteiger partial charge in [-0.1, -0.05) is 41.0 Å². The van der Waals surface area contributed by atoms with Gasteiger partial charge in [0.2, 0.25) is 5.91 Å². The third-order valence-corrected chi connectivity index (χ3v) is 5.50. The summed E-state index contributed by atoms with van der Waals surface area (Å²) >= 11 is 13.4. The molecule has 3 rings (SSSR count). The summed E-state index contributed by atoms with van der Waals surface area (Å²) in [4.78, 5) is 16.1. The molecule has 7 nitrogen and oxygen atoms in total. The highest BCUT2D eigenvalue weighted by Crippen LogP contribution is 2.26. The lowest BCUT2D eigenvalue weighted by Crippen LogP contribution is -2.15. The zero-order valence-corrected chi connectivity index (χ0v) is 18.2. The number of anilines is 1. The Hall–Kier alpha value is -2.29. The standard InChI is InChI=1S/C19H19Cl2N5O2S/c1-3-26-16(10-28-15-9-12(2)6-7-13(15)20)24-25-19(26)29-11-17(27)23-14-5-4-8-22-18(14)21/h4-9H,3,10-11H2,1-2H3,(H,23,27). The van der Waals surface area contributed by atoms with Gasteiger partial charge in [-0.05, 0) is 43.7 Å². The lowest BCUT2D eigenvalue weighted by atomic mass is 10.2. The molecule has 0 aliphatic heterocycles. The Bertz CT molecular complexity index is 1010. The monoisotopic (exact) mass is 451 g/mol. The Morgan fingerprint density at radius 3 is 2.86 bits per heavy atom. The molecule has 3 aromatic rings. The first-order valence-corrected chi connectivity index (χ1v) is 10.6. The van der Waals surface area contributed by atoms with E-state index in [1.165, 1.54) is 11.8 Å². The van der Waals surface area contributed by atoms with Crippen molar-refractivity contribution in [3.8, 4) is 5.75 Å². The molecule has 0 saturated carbocycles. The molecule has 0 aliphatic rings. The first kappa shape index (κ1) is 21.4. The summed E-state index contributed by atoms with van der Waals surface area (Å²) in [7, 11) is 0. The molecule has 1 amide bonds. The van der Waals surface area contributed by atoms with Crippen LogP contribution >= 0.6 is 35.0 Å². The van der Waals surface area contributed by atoms with Crippen LogP contribution in [-0.4, -0.2) is 31.4 Å². The molecule has 152 valence electrons. The second-order valence-electron chi connectivity index (χ2n) is 6.04. The van der Waals surface area contributed by atoms with Gasteiger partial charge in [0, 0.05) is 12.7 Å². The zero-order valence-electron chi connectivity index (χ0n) is 15.9. The van der Waals surface area contributed by atoms with Crippen molar-refractivity contribution in [2.24, 2.45) is 0 Å². The number of ether oxygens (including phenoxy) is 1. The van der Waals surface area contributed by atoms with Crippen LogP contribution in [0.15, 0.2) is 41.7 Å². The Labute approximate surface area is 182 Å². The lowest BCUT2D eigenvalue weighted by Gasteiger charge is -2.10. The summed E-state index contributed by atoms with van der Waals surface area (Å²) in [6.07, 6.45) is 1.56. The molecule has 0 bridgehead atoms. The number of hydrogen-bond donors (Lipinski definition) is 1. The first-order valence-electron chi connectivity index (χ1n) is 8.82. The summed E-state index contributed by atoms with van der Waals surface area (Å²) in [5.41, 5.74) is 1.53. The van der Waals surface area contributed by atoms with Crippen molar-refractivity contribution in [2.45, 2.75) is 32.2 Å². The fourth-order valence-corrected chi connectivity index (χ4v) is 3.67. The van der Waals surface area contributed by atoms with Crippen LogP contribution in [0.1, 0.15) is 18.3 Å². The van der Waals surface area contributed by atoms with Gasteiger partial charge in [0.05, 0.1) is 16.5 Å². The van der Waals surface area contributed by atoms with Crippen molar-refractivity contribution in [3.05, 3.63) is 58.1 Å². The summed E-state index contributed by atoms with van der Waals surface area (Å²) in [6, 6.07) is 8.99. The van der Waals surface area contributed by atoms with Crippen LogP contribution in [0.25, 0.3) is 0 Å². The smallest absolute Gasteiger partial charge is 0.234 e. The van der Waals surface area contributed by atoms with Gasteiger partial charge in [-0.3, -0.25) is 4.79 Å². The molecular formula is C19H19Cl2N5O2S. The minimum atomic E-state index is -0.208. The van der Waals surface area contributed by atoms with E-state index in [0.29, 0.717) is 34.0 Å². The van der Waals surface area contributed by atoms with Crippen molar-refractivity contribution in [1.82, 2.24) is 19.7 Å². The first-order chi connectivity index (χ1) is 14.0. The predicted molar refractivity (Wildman–Crippen MR) is 115 cm³/mol. The Morgan fingerprint density at radius 1 is 1.28 bits per heavy atom. The number of amides is 1. The molecule has 29 heavy (non-hydrogen) atoms.